The number of hydrogen-bond donors (Lipinski definition) is 0. The van der Waals surface area contributed by atoms with Crippen LogP contribution in [-0.2, 0) is 0 Å². The van der Waals surface area contributed by atoms with E-state index in [0.717, 1.165) is 6.42 Å². The van der Waals surface area contributed by atoms with Gasteiger partial charge in [-0.25, -0.2) is 0 Å². The van der Waals surface area contributed by atoms with Gasteiger partial charge >= 0.3 is 0 Å². The van der Waals surface area contributed by atoms with Gasteiger partial charge in [0.05, 0.1) is 0 Å². The molecule has 0 bridgehead atoms. The van der Waals surface area contributed by atoms with Gasteiger partial charge in [-0.05, 0) is 17.3 Å². The van der Waals surface area contributed by atoms with E-state index < -0.39 is 0 Å². The highest BCUT2D eigenvalue weighted by Gasteiger charge is 1.78. The molecule has 0 saturated carbocycles. The van der Waals surface area contributed by atoms with E-state index >= 15 is 0 Å². The Bertz CT molecular complexity index is 61.1. The van der Waals surface area contributed by atoms with E-state index in [-0.39, 0.29) is 0 Å². The van der Waals surface area contributed by atoms with Gasteiger partial charge in [0.1, 0.15) is 0 Å². The van der Waals surface area contributed by atoms with Crippen molar-refractivity contribution >= 4 is 22.6 Å². The van der Waals surface area contributed by atoms with E-state index in [1.807, 2.05) is 0 Å². The largest absolute Gasteiger partial charge is 0.120 e. The maximum absolute atomic E-state index is 5.02. The zero-order chi connectivity index (χ0) is 5.54. The number of terminal acetylenes is 1. The molecule has 0 aliphatic carbocycles. The molecule has 0 spiro atoms. The minimum absolute atomic E-state index is 0.947. The van der Waals surface area contributed by atoms with Crippen LogP contribution in [-0.4, -0.2) is 4.43 Å². The van der Waals surface area contributed by atoms with Gasteiger partial charge in [-0.2, -0.15) is 0 Å². The Morgan fingerprint density at radius 2 is 2.14 bits per heavy atom. The molecule has 0 nitrogen and oxygen atoms in total. The average molecular weight is 208 g/mol. The van der Waals surface area contributed by atoms with Crippen LogP contribution in [0.4, 0.5) is 0 Å². The molecule has 0 radical (unpaired) electrons. The highest BCUT2D eigenvalue weighted by Crippen LogP contribution is 1.96. The highest BCUT2D eigenvalue weighted by molar-refractivity contribution is 14.1. The molecule has 0 aliphatic heterocycles. The Hall–Kier alpha value is 0.290. The van der Waals surface area contributed by atoms with Crippen molar-refractivity contribution in [2.24, 2.45) is 0 Å². The quantitative estimate of drug-likeness (QED) is 0.288. The molecule has 0 fully saturated rings. The van der Waals surface area contributed by atoms with Gasteiger partial charge in [0.2, 0.25) is 0 Å². The molecule has 0 saturated heterocycles. The van der Waals surface area contributed by atoms with E-state index in [4.69, 9.17) is 6.42 Å². The Morgan fingerprint density at radius 1 is 1.43 bits per heavy atom. The molecule has 0 rings (SSSR count). The van der Waals surface area contributed by atoms with Crippen LogP contribution >= 0.6 is 22.6 Å². The molecular weight excluding hydrogens is 199 g/mol. The molecule has 0 N–H and O–H groups in total. The fourth-order valence-corrected chi connectivity index (χ4v) is 0.861. The lowest BCUT2D eigenvalue weighted by atomic mass is 10.3. The van der Waals surface area contributed by atoms with Gasteiger partial charge < -0.3 is 0 Å². The number of alkyl halides is 1. The third kappa shape index (κ3) is 6.29. The van der Waals surface area contributed by atoms with Crippen LogP contribution in [0.1, 0.15) is 19.3 Å². The highest BCUT2D eigenvalue weighted by atomic mass is 127. The van der Waals surface area contributed by atoms with E-state index in [1.165, 1.54) is 17.3 Å². The zero-order valence-corrected chi connectivity index (χ0v) is 6.44. The fourth-order valence-electron chi connectivity index (χ4n) is 0.322. The summed E-state index contributed by atoms with van der Waals surface area (Å²) in [5.74, 6) is 2.60. The number of halogens is 1. The summed E-state index contributed by atoms with van der Waals surface area (Å²) in [7, 11) is 0. The van der Waals surface area contributed by atoms with Crippen LogP contribution in [0.25, 0.3) is 0 Å². The first-order valence-corrected chi connectivity index (χ1v) is 3.94. The van der Waals surface area contributed by atoms with Crippen molar-refractivity contribution in [1.82, 2.24) is 0 Å². The molecule has 0 heterocycles. The van der Waals surface area contributed by atoms with Crippen LogP contribution in [0.3, 0.4) is 0 Å². The van der Waals surface area contributed by atoms with Crippen molar-refractivity contribution in [1.29, 1.82) is 0 Å². The Balaban J connectivity index is 2.60. The van der Waals surface area contributed by atoms with E-state index in [2.05, 4.69) is 28.5 Å². The number of hydrogen-bond acceptors (Lipinski definition) is 0. The molecule has 0 aromatic rings. The molecular formula is C6H9I. The Labute approximate surface area is 58.8 Å². The third-order valence-corrected chi connectivity index (χ3v) is 1.47. The average Bonchev–Trinajstić information content (AvgIpc) is 1.69. The van der Waals surface area contributed by atoms with Gasteiger partial charge in [0, 0.05) is 6.42 Å². The molecule has 0 atom stereocenters. The summed E-state index contributed by atoms with van der Waals surface area (Å²) in [4.78, 5) is 0. The van der Waals surface area contributed by atoms with Crippen molar-refractivity contribution in [3.05, 3.63) is 0 Å². The Morgan fingerprint density at radius 3 is 2.57 bits per heavy atom. The smallest absolute Gasteiger partial charge is 0.00863 e. The standard InChI is InChI=1S/C6H9I/c1-2-3-4-5-6-7/h1H,3-6H2. The lowest BCUT2D eigenvalue weighted by molar-refractivity contribution is 0.846. The number of rotatable bonds is 3. The van der Waals surface area contributed by atoms with Crippen LogP contribution < -0.4 is 0 Å². The minimum Gasteiger partial charge on any atom is -0.120 e. The van der Waals surface area contributed by atoms with Crippen molar-refractivity contribution in [2.45, 2.75) is 19.3 Å². The summed E-state index contributed by atoms with van der Waals surface area (Å²) >= 11 is 2.36. The first-order valence-electron chi connectivity index (χ1n) is 2.41. The summed E-state index contributed by atoms with van der Waals surface area (Å²) in [6.45, 7) is 0. The van der Waals surface area contributed by atoms with Gasteiger partial charge in [-0.1, -0.05) is 22.6 Å². The van der Waals surface area contributed by atoms with Crippen LogP contribution in [0, 0.1) is 12.3 Å². The minimum atomic E-state index is 0.947. The second-order valence-corrected chi connectivity index (χ2v) is 2.43. The summed E-state index contributed by atoms with van der Waals surface area (Å²) in [6, 6.07) is 0. The topological polar surface area (TPSA) is 0 Å². The van der Waals surface area contributed by atoms with Crippen molar-refractivity contribution < 1.29 is 0 Å². The van der Waals surface area contributed by atoms with Gasteiger partial charge in [-0.15, -0.1) is 12.3 Å². The predicted molar refractivity (Wildman–Crippen MR) is 41.6 cm³/mol. The molecule has 40 valence electrons. The second-order valence-electron chi connectivity index (χ2n) is 1.35. The molecule has 0 aromatic heterocycles. The Kier molecular flexibility index (Phi) is 6.55. The van der Waals surface area contributed by atoms with Gasteiger partial charge in [0.15, 0.2) is 0 Å². The molecule has 0 aromatic carbocycles. The molecule has 0 aliphatic rings. The van der Waals surface area contributed by atoms with Gasteiger partial charge in [-0.3, -0.25) is 0 Å². The molecule has 0 amide bonds. The van der Waals surface area contributed by atoms with Crippen LogP contribution in [0.2, 0.25) is 0 Å². The van der Waals surface area contributed by atoms with Gasteiger partial charge in [0.25, 0.3) is 0 Å². The lowest BCUT2D eigenvalue weighted by Gasteiger charge is -1.85. The monoisotopic (exact) mass is 208 g/mol. The zero-order valence-electron chi connectivity index (χ0n) is 4.28. The third-order valence-electron chi connectivity index (χ3n) is 0.705. The SMILES string of the molecule is C#CCCCCI. The summed E-state index contributed by atoms with van der Waals surface area (Å²) in [5.41, 5.74) is 0. The summed E-state index contributed by atoms with van der Waals surface area (Å²) in [5, 5.41) is 0. The van der Waals surface area contributed by atoms with Crippen molar-refractivity contribution in [3.8, 4) is 12.3 Å². The molecule has 0 unspecified atom stereocenters. The summed E-state index contributed by atoms with van der Waals surface area (Å²) in [6.07, 6.45) is 8.43. The number of unbranched alkanes of at least 4 members (excludes halogenated alkanes) is 2. The molecule has 1 heteroatoms. The van der Waals surface area contributed by atoms with E-state index in [1.54, 1.807) is 0 Å². The molecule has 7 heavy (non-hydrogen) atoms. The fraction of sp³-hybridized carbons (Fsp3) is 0.667. The first kappa shape index (κ1) is 7.29. The van der Waals surface area contributed by atoms with Crippen LogP contribution in [0.5, 0.6) is 0 Å². The van der Waals surface area contributed by atoms with Crippen LogP contribution in [0.15, 0.2) is 0 Å². The maximum Gasteiger partial charge on any atom is 0.00863 e. The van der Waals surface area contributed by atoms with Crippen molar-refractivity contribution in [2.75, 3.05) is 4.43 Å². The maximum atomic E-state index is 5.02. The van der Waals surface area contributed by atoms with Crippen molar-refractivity contribution in [3.63, 3.8) is 0 Å². The second kappa shape index (κ2) is 6.29. The van der Waals surface area contributed by atoms with E-state index in [9.17, 15) is 0 Å². The first-order chi connectivity index (χ1) is 3.41. The normalized spacial score (nSPS) is 8.00. The summed E-state index contributed by atoms with van der Waals surface area (Å²) < 4.78 is 1.24. The van der Waals surface area contributed by atoms with E-state index in [0.29, 0.717) is 0 Å². The lowest BCUT2D eigenvalue weighted by Crippen LogP contribution is -1.71. The predicted octanol–water partition coefficient (Wildman–Crippen LogP) is 2.22.